The van der Waals surface area contributed by atoms with Crippen molar-refractivity contribution < 1.29 is 0 Å². The lowest BCUT2D eigenvalue weighted by molar-refractivity contribution is 0.240. The molecule has 2 aliphatic heterocycles. The van der Waals surface area contributed by atoms with Gasteiger partial charge in [0.25, 0.3) is 0 Å². The van der Waals surface area contributed by atoms with Crippen LogP contribution in [0, 0.1) is 0 Å². The molecule has 0 spiro atoms. The summed E-state index contributed by atoms with van der Waals surface area (Å²) in [6.45, 7) is 4.84. The number of rotatable bonds is 0. The van der Waals surface area contributed by atoms with Gasteiger partial charge in [0.1, 0.15) is 0 Å². The minimum Gasteiger partial charge on any atom is -0.326 e. The Morgan fingerprint density at radius 2 is 2.08 bits per heavy atom. The smallest absolute Gasteiger partial charge is 0.0238 e. The first-order chi connectivity index (χ1) is 5.75. The Hall–Kier alpha value is -0.120. The molecule has 2 aliphatic rings. The van der Waals surface area contributed by atoms with Crippen LogP contribution in [0.3, 0.4) is 0 Å². The maximum atomic E-state index is 5.93. The molecule has 0 aromatic rings. The van der Waals surface area contributed by atoms with Gasteiger partial charge in [-0.3, -0.25) is 4.90 Å². The molecule has 0 aromatic carbocycles. The largest absolute Gasteiger partial charge is 0.326 e. The zero-order chi connectivity index (χ0) is 8.55. The van der Waals surface area contributed by atoms with Crippen molar-refractivity contribution in [1.29, 1.82) is 0 Å². The molecule has 2 saturated heterocycles. The molecule has 0 aromatic heterocycles. The van der Waals surface area contributed by atoms with Crippen molar-refractivity contribution in [2.45, 2.75) is 24.9 Å². The van der Waals surface area contributed by atoms with Crippen LogP contribution in [0.4, 0.5) is 0 Å². The van der Waals surface area contributed by atoms with Gasteiger partial charge in [0.15, 0.2) is 0 Å². The van der Waals surface area contributed by atoms with Gasteiger partial charge in [0.2, 0.25) is 0 Å². The number of nitrogens with zero attached hydrogens (tertiary/aromatic N) is 2. The van der Waals surface area contributed by atoms with Gasteiger partial charge in [-0.25, -0.2) is 0 Å². The number of likely N-dealkylation sites (N-methyl/N-ethyl adjacent to an activating group) is 1. The molecule has 0 saturated carbocycles. The zero-order valence-corrected chi connectivity index (χ0v) is 7.87. The van der Waals surface area contributed by atoms with E-state index in [-0.39, 0.29) is 0 Å². The molecule has 2 rings (SSSR count). The van der Waals surface area contributed by atoms with Gasteiger partial charge < -0.3 is 10.6 Å². The summed E-state index contributed by atoms with van der Waals surface area (Å²) in [5.74, 6) is 0. The second-order valence-corrected chi connectivity index (χ2v) is 4.26. The molecule has 2 atom stereocenters. The second kappa shape index (κ2) is 3.32. The SMILES string of the molecule is CN1CCCN2C[C@H](N)C[C@H]2C1. The average Bonchev–Trinajstić information content (AvgIpc) is 2.23. The van der Waals surface area contributed by atoms with Gasteiger partial charge in [-0.1, -0.05) is 0 Å². The Labute approximate surface area is 74.5 Å². The van der Waals surface area contributed by atoms with Crippen LogP contribution in [0.25, 0.3) is 0 Å². The summed E-state index contributed by atoms with van der Waals surface area (Å²) in [7, 11) is 2.22. The maximum absolute atomic E-state index is 5.93. The molecule has 2 fully saturated rings. The van der Waals surface area contributed by atoms with E-state index < -0.39 is 0 Å². The molecular formula is C9H19N3. The Kier molecular flexibility index (Phi) is 2.35. The van der Waals surface area contributed by atoms with Crippen LogP contribution in [0.15, 0.2) is 0 Å². The van der Waals surface area contributed by atoms with Crippen molar-refractivity contribution in [3.63, 3.8) is 0 Å². The van der Waals surface area contributed by atoms with Crippen LogP contribution >= 0.6 is 0 Å². The van der Waals surface area contributed by atoms with Gasteiger partial charge in [0.05, 0.1) is 0 Å². The predicted molar refractivity (Wildman–Crippen MR) is 50.1 cm³/mol. The van der Waals surface area contributed by atoms with Crippen molar-refractivity contribution >= 4 is 0 Å². The van der Waals surface area contributed by atoms with E-state index in [1.807, 2.05) is 0 Å². The first kappa shape index (κ1) is 8.48. The predicted octanol–water partition coefficient (Wildman–Crippen LogP) is -0.276. The van der Waals surface area contributed by atoms with Gasteiger partial charge in [-0.05, 0) is 33.0 Å². The third-order valence-electron chi connectivity index (χ3n) is 3.07. The molecule has 2 heterocycles. The Morgan fingerprint density at radius 1 is 1.25 bits per heavy atom. The molecule has 0 radical (unpaired) electrons. The highest BCUT2D eigenvalue weighted by molar-refractivity contribution is 4.90. The van der Waals surface area contributed by atoms with Crippen LogP contribution in [0.2, 0.25) is 0 Å². The summed E-state index contributed by atoms with van der Waals surface area (Å²) in [6, 6.07) is 1.17. The molecule has 0 bridgehead atoms. The van der Waals surface area contributed by atoms with E-state index in [0.717, 1.165) is 12.6 Å². The summed E-state index contributed by atoms with van der Waals surface area (Å²) in [5.41, 5.74) is 5.93. The molecule has 3 heteroatoms. The highest BCUT2D eigenvalue weighted by Gasteiger charge is 2.31. The fourth-order valence-electron chi connectivity index (χ4n) is 2.48. The minimum atomic E-state index is 0.432. The minimum absolute atomic E-state index is 0.432. The van der Waals surface area contributed by atoms with E-state index in [9.17, 15) is 0 Å². The number of fused-ring (bicyclic) bond motifs is 1. The first-order valence-corrected chi connectivity index (χ1v) is 4.94. The normalized spacial score (nSPS) is 39.5. The van der Waals surface area contributed by atoms with Gasteiger partial charge in [-0.2, -0.15) is 0 Å². The highest BCUT2D eigenvalue weighted by Crippen LogP contribution is 2.19. The Morgan fingerprint density at radius 3 is 2.92 bits per heavy atom. The second-order valence-electron chi connectivity index (χ2n) is 4.26. The molecule has 3 nitrogen and oxygen atoms in total. The molecular weight excluding hydrogens is 150 g/mol. The number of nitrogens with two attached hydrogens (primary N) is 1. The molecule has 0 aliphatic carbocycles. The fraction of sp³-hybridized carbons (Fsp3) is 1.00. The van der Waals surface area contributed by atoms with Crippen LogP contribution in [-0.2, 0) is 0 Å². The van der Waals surface area contributed by atoms with Crippen molar-refractivity contribution in [2.24, 2.45) is 5.73 Å². The van der Waals surface area contributed by atoms with E-state index in [1.165, 1.54) is 32.5 Å². The zero-order valence-electron chi connectivity index (χ0n) is 7.87. The quantitative estimate of drug-likeness (QED) is 0.541. The third-order valence-corrected chi connectivity index (χ3v) is 3.07. The molecule has 70 valence electrons. The number of hydrogen-bond acceptors (Lipinski definition) is 3. The van der Waals surface area contributed by atoms with Gasteiger partial charge >= 0.3 is 0 Å². The molecule has 0 amide bonds. The van der Waals surface area contributed by atoms with Gasteiger partial charge in [0, 0.05) is 25.2 Å². The lowest BCUT2D eigenvalue weighted by Gasteiger charge is -2.22. The van der Waals surface area contributed by atoms with Crippen LogP contribution in [0.5, 0.6) is 0 Å². The highest BCUT2D eigenvalue weighted by atomic mass is 15.3. The fourth-order valence-corrected chi connectivity index (χ4v) is 2.48. The topological polar surface area (TPSA) is 32.5 Å². The van der Waals surface area contributed by atoms with Crippen molar-refractivity contribution in [1.82, 2.24) is 9.80 Å². The van der Waals surface area contributed by atoms with Crippen molar-refractivity contribution in [2.75, 3.05) is 33.2 Å². The van der Waals surface area contributed by atoms with E-state index in [1.54, 1.807) is 0 Å². The summed E-state index contributed by atoms with van der Waals surface area (Å²) < 4.78 is 0. The summed E-state index contributed by atoms with van der Waals surface area (Å²) >= 11 is 0. The molecule has 0 unspecified atom stereocenters. The Balaban J connectivity index is 1.99. The number of hydrogen-bond donors (Lipinski definition) is 1. The molecule has 12 heavy (non-hydrogen) atoms. The summed E-state index contributed by atoms with van der Waals surface area (Å²) in [6.07, 6.45) is 2.50. The summed E-state index contributed by atoms with van der Waals surface area (Å²) in [5, 5.41) is 0. The van der Waals surface area contributed by atoms with Crippen LogP contribution in [-0.4, -0.2) is 55.1 Å². The van der Waals surface area contributed by atoms with Gasteiger partial charge in [-0.15, -0.1) is 0 Å². The summed E-state index contributed by atoms with van der Waals surface area (Å²) in [4.78, 5) is 5.00. The van der Waals surface area contributed by atoms with E-state index in [2.05, 4.69) is 16.8 Å². The van der Waals surface area contributed by atoms with Crippen molar-refractivity contribution in [3.05, 3.63) is 0 Å². The monoisotopic (exact) mass is 169 g/mol. The average molecular weight is 169 g/mol. The van der Waals surface area contributed by atoms with Crippen LogP contribution in [0.1, 0.15) is 12.8 Å². The first-order valence-electron chi connectivity index (χ1n) is 4.94. The lowest BCUT2D eigenvalue weighted by atomic mass is 10.2. The molecule has 2 N–H and O–H groups in total. The van der Waals surface area contributed by atoms with E-state index in [0.29, 0.717) is 6.04 Å². The lowest BCUT2D eigenvalue weighted by Crippen LogP contribution is -2.35. The maximum Gasteiger partial charge on any atom is 0.0238 e. The van der Waals surface area contributed by atoms with Crippen LogP contribution < -0.4 is 5.73 Å². The Bertz CT molecular complexity index is 160. The van der Waals surface area contributed by atoms with E-state index in [4.69, 9.17) is 5.73 Å². The van der Waals surface area contributed by atoms with E-state index >= 15 is 0 Å². The van der Waals surface area contributed by atoms with Crippen molar-refractivity contribution in [3.8, 4) is 0 Å². The third kappa shape index (κ3) is 1.63. The standard InChI is InChI=1S/C9H19N3/c1-11-3-2-4-12-6-8(10)5-9(12)7-11/h8-9H,2-7,10H2,1H3/t8-,9+/m1/s1.